The quantitative estimate of drug-likeness (QED) is 0.735. The van der Waals surface area contributed by atoms with E-state index in [4.69, 9.17) is 5.90 Å². The maximum atomic E-state index is 5.06. The summed E-state index contributed by atoms with van der Waals surface area (Å²) in [6, 6.07) is 0.551. The van der Waals surface area contributed by atoms with E-state index >= 15 is 0 Å². The molecule has 1 aromatic rings. The van der Waals surface area contributed by atoms with Crippen LogP contribution in [0.15, 0.2) is 0 Å². The van der Waals surface area contributed by atoms with E-state index in [0.717, 1.165) is 11.6 Å². The Bertz CT molecular complexity index is 304. The molecule has 14 heavy (non-hydrogen) atoms. The van der Waals surface area contributed by atoms with Gasteiger partial charge in [-0.05, 0) is 19.8 Å². The molecule has 0 amide bonds. The Balaban J connectivity index is 2.24. The van der Waals surface area contributed by atoms with Crippen molar-refractivity contribution in [2.24, 2.45) is 5.90 Å². The van der Waals surface area contributed by atoms with Crippen LogP contribution in [0.5, 0.6) is 0 Å². The van der Waals surface area contributed by atoms with Crippen LogP contribution in [0.2, 0.25) is 0 Å². The van der Waals surface area contributed by atoms with Crippen molar-refractivity contribution in [3.8, 4) is 0 Å². The predicted molar refractivity (Wildman–Crippen MR) is 51.2 cm³/mol. The lowest BCUT2D eigenvalue weighted by atomic mass is 10.2. The van der Waals surface area contributed by atoms with Crippen LogP contribution in [0.3, 0.4) is 0 Å². The molecule has 0 aromatic carbocycles. The van der Waals surface area contributed by atoms with Crippen molar-refractivity contribution in [2.45, 2.75) is 45.3 Å². The minimum Gasteiger partial charge on any atom is -0.310 e. The standard InChI is InChI=1S/C9H16N4O/c1-7-11-12-9(6-14-10)13(7)8-4-2-3-5-8/h8H,2-6,10H2,1H3. The van der Waals surface area contributed by atoms with Gasteiger partial charge in [-0.1, -0.05) is 12.8 Å². The molecule has 2 N–H and O–H groups in total. The fourth-order valence-electron chi connectivity index (χ4n) is 2.22. The van der Waals surface area contributed by atoms with Gasteiger partial charge in [0.2, 0.25) is 0 Å². The van der Waals surface area contributed by atoms with Gasteiger partial charge in [-0.15, -0.1) is 10.2 Å². The van der Waals surface area contributed by atoms with Gasteiger partial charge in [-0.3, -0.25) is 4.84 Å². The number of nitrogens with two attached hydrogens (primary N) is 1. The van der Waals surface area contributed by atoms with E-state index in [1.807, 2.05) is 6.92 Å². The molecule has 5 heteroatoms. The molecule has 0 unspecified atom stereocenters. The van der Waals surface area contributed by atoms with Crippen LogP contribution in [0.25, 0.3) is 0 Å². The van der Waals surface area contributed by atoms with E-state index in [1.54, 1.807) is 0 Å². The third kappa shape index (κ3) is 1.65. The first kappa shape index (κ1) is 9.61. The average Bonchev–Trinajstić information content (AvgIpc) is 2.76. The van der Waals surface area contributed by atoms with Gasteiger partial charge in [-0.25, -0.2) is 5.90 Å². The molecular formula is C9H16N4O. The number of nitrogens with zero attached hydrogens (tertiary/aromatic N) is 3. The summed E-state index contributed by atoms with van der Waals surface area (Å²) in [6.45, 7) is 2.32. The Morgan fingerprint density at radius 2 is 2.14 bits per heavy atom. The molecule has 1 saturated carbocycles. The van der Waals surface area contributed by atoms with E-state index in [1.165, 1.54) is 25.7 Å². The van der Waals surface area contributed by atoms with Crippen molar-refractivity contribution in [1.29, 1.82) is 0 Å². The molecule has 0 aliphatic heterocycles. The Morgan fingerprint density at radius 1 is 1.43 bits per heavy atom. The van der Waals surface area contributed by atoms with Crippen molar-refractivity contribution in [3.05, 3.63) is 11.6 Å². The largest absolute Gasteiger partial charge is 0.310 e. The molecule has 1 aliphatic rings. The van der Waals surface area contributed by atoms with Gasteiger partial charge >= 0.3 is 0 Å². The van der Waals surface area contributed by atoms with Crippen molar-refractivity contribution < 1.29 is 4.84 Å². The summed E-state index contributed by atoms with van der Waals surface area (Å²) < 4.78 is 2.17. The molecule has 0 bridgehead atoms. The van der Waals surface area contributed by atoms with Crippen molar-refractivity contribution in [1.82, 2.24) is 14.8 Å². The molecule has 1 fully saturated rings. The van der Waals surface area contributed by atoms with E-state index < -0.39 is 0 Å². The maximum Gasteiger partial charge on any atom is 0.161 e. The van der Waals surface area contributed by atoms with Crippen LogP contribution in [-0.4, -0.2) is 14.8 Å². The molecule has 5 nitrogen and oxygen atoms in total. The number of aromatic nitrogens is 3. The Hall–Kier alpha value is -0.940. The first-order valence-corrected chi connectivity index (χ1v) is 5.05. The molecule has 0 saturated heterocycles. The highest BCUT2D eigenvalue weighted by Gasteiger charge is 2.21. The van der Waals surface area contributed by atoms with Crippen LogP contribution < -0.4 is 5.90 Å². The highest BCUT2D eigenvalue weighted by Crippen LogP contribution is 2.31. The zero-order valence-corrected chi connectivity index (χ0v) is 8.44. The lowest BCUT2D eigenvalue weighted by Gasteiger charge is -2.14. The third-order valence-corrected chi connectivity index (χ3v) is 2.84. The molecule has 78 valence electrons. The average molecular weight is 196 g/mol. The SMILES string of the molecule is Cc1nnc(CON)n1C1CCCC1. The molecule has 1 aromatic heterocycles. The van der Waals surface area contributed by atoms with Gasteiger partial charge < -0.3 is 4.57 Å². The summed E-state index contributed by atoms with van der Waals surface area (Å²) >= 11 is 0. The van der Waals surface area contributed by atoms with Crippen LogP contribution >= 0.6 is 0 Å². The van der Waals surface area contributed by atoms with Crippen LogP contribution in [0, 0.1) is 6.92 Å². The zero-order chi connectivity index (χ0) is 9.97. The lowest BCUT2D eigenvalue weighted by Crippen LogP contribution is -2.13. The number of hydrogen-bond acceptors (Lipinski definition) is 4. The van der Waals surface area contributed by atoms with Gasteiger partial charge in [0.05, 0.1) is 0 Å². The molecule has 1 aliphatic carbocycles. The molecule has 0 atom stereocenters. The Morgan fingerprint density at radius 3 is 2.79 bits per heavy atom. The second-order valence-corrected chi connectivity index (χ2v) is 3.78. The van der Waals surface area contributed by atoms with E-state index in [-0.39, 0.29) is 0 Å². The van der Waals surface area contributed by atoms with Crippen molar-refractivity contribution in [3.63, 3.8) is 0 Å². The van der Waals surface area contributed by atoms with E-state index in [9.17, 15) is 0 Å². The summed E-state index contributed by atoms with van der Waals surface area (Å²) in [5.74, 6) is 6.86. The third-order valence-electron chi connectivity index (χ3n) is 2.84. The van der Waals surface area contributed by atoms with Crippen molar-refractivity contribution >= 4 is 0 Å². The smallest absolute Gasteiger partial charge is 0.161 e. The molecule has 1 heterocycles. The van der Waals surface area contributed by atoms with Crippen molar-refractivity contribution in [2.75, 3.05) is 0 Å². The second kappa shape index (κ2) is 4.06. The Labute approximate surface area is 83.2 Å². The van der Waals surface area contributed by atoms with Crippen LogP contribution in [0.4, 0.5) is 0 Å². The Kier molecular flexibility index (Phi) is 2.79. The summed E-state index contributed by atoms with van der Waals surface area (Å²) in [5, 5.41) is 8.12. The zero-order valence-electron chi connectivity index (χ0n) is 8.44. The topological polar surface area (TPSA) is 66.0 Å². The summed E-state index contributed by atoms with van der Waals surface area (Å²) in [4.78, 5) is 4.62. The minimum atomic E-state index is 0.345. The summed E-state index contributed by atoms with van der Waals surface area (Å²) in [7, 11) is 0. The van der Waals surface area contributed by atoms with Gasteiger partial charge in [0.15, 0.2) is 5.82 Å². The minimum absolute atomic E-state index is 0.345. The second-order valence-electron chi connectivity index (χ2n) is 3.78. The van der Waals surface area contributed by atoms with Crippen LogP contribution in [-0.2, 0) is 11.4 Å². The van der Waals surface area contributed by atoms with Gasteiger partial charge in [0.25, 0.3) is 0 Å². The summed E-state index contributed by atoms with van der Waals surface area (Å²) in [6.07, 6.45) is 5.03. The maximum absolute atomic E-state index is 5.06. The number of hydrogen-bond donors (Lipinski definition) is 1. The van der Waals surface area contributed by atoms with Crippen LogP contribution in [0.1, 0.15) is 43.4 Å². The first-order valence-electron chi connectivity index (χ1n) is 5.05. The molecular weight excluding hydrogens is 180 g/mol. The highest BCUT2D eigenvalue weighted by atomic mass is 16.6. The molecule has 2 rings (SSSR count). The van der Waals surface area contributed by atoms with Gasteiger partial charge in [0.1, 0.15) is 12.4 Å². The monoisotopic (exact) mass is 196 g/mol. The fraction of sp³-hybridized carbons (Fsp3) is 0.778. The lowest BCUT2D eigenvalue weighted by molar-refractivity contribution is 0.114. The highest BCUT2D eigenvalue weighted by molar-refractivity contribution is 4.97. The van der Waals surface area contributed by atoms with Gasteiger partial charge in [-0.2, -0.15) is 0 Å². The number of rotatable bonds is 3. The normalized spacial score (nSPS) is 17.9. The van der Waals surface area contributed by atoms with Gasteiger partial charge in [0, 0.05) is 6.04 Å². The number of aryl methyl sites for hydroxylation is 1. The summed E-state index contributed by atoms with van der Waals surface area (Å²) in [5.41, 5.74) is 0. The molecule has 0 spiro atoms. The fourth-order valence-corrected chi connectivity index (χ4v) is 2.22. The van der Waals surface area contributed by atoms with E-state index in [0.29, 0.717) is 12.6 Å². The van der Waals surface area contributed by atoms with E-state index in [2.05, 4.69) is 19.6 Å². The molecule has 0 radical (unpaired) electrons. The first-order chi connectivity index (χ1) is 6.83. The predicted octanol–water partition coefficient (Wildman–Crippen LogP) is 1.09.